The molecule has 1 aliphatic carbocycles. The average molecular weight is 665 g/mol. The van der Waals surface area contributed by atoms with Gasteiger partial charge >= 0.3 is 6.01 Å². The van der Waals surface area contributed by atoms with Gasteiger partial charge in [0.1, 0.15) is 18.2 Å². The second-order valence-corrected chi connectivity index (χ2v) is 13.9. The van der Waals surface area contributed by atoms with Crippen molar-refractivity contribution in [2.24, 2.45) is 0 Å². The van der Waals surface area contributed by atoms with Crippen LogP contribution in [0.15, 0.2) is 42.5 Å². The maximum Gasteiger partial charge on any atom is 0.318 e. The number of amides is 1. The van der Waals surface area contributed by atoms with E-state index in [2.05, 4.69) is 28.1 Å². The predicted octanol–water partition coefficient (Wildman–Crippen LogP) is 4.73. The van der Waals surface area contributed by atoms with Gasteiger partial charge in [0, 0.05) is 73.8 Å². The van der Waals surface area contributed by atoms with Crippen molar-refractivity contribution in [2.45, 2.75) is 76.2 Å². The minimum absolute atomic E-state index is 0.0513. The molecule has 10 nitrogen and oxygen atoms in total. The van der Waals surface area contributed by atoms with E-state index in [1.165, 1.54) is 32.1 Å². The fraction of sp³-hybridized carbons (Fsp3) is 0.513. The zero-order valence-electron chi connectivity index (χ0n) is 28.6. The molecule has 2 atom stereocenters. The van der Waals surface area contributed by atoms with Gasteiger partial charge in [-0.15, -0.1) is 6.42 Å². The summed E-state index contributed by atoms with van der Waals surface area (Å²) in [6.45, 7) is 5.15. The molecule has 4 heterocycles. The number of fused-ring (bicyclic) bond motifs is 2. The van der Waals surface area contributed by atoms with Gasteiger partial charge in [-0.1, -0.05) is 43.4 Å². The van der Waals surface area contributed by atoms with Crippen LogP contribution in [0, 0.1) is 12.3 Å². The molecule has 3 aromatic rings. The summed E-state index contributed by atoms with van der Waals surface area (Å²) in [7, 11) is 2.13. The third kappa shape index (κ3) is 7.54. The first-order valence-corrected chi connectivity index (χ1v) is 18.0. The van der Waals surface area contributed by atoms with E-state index < -0.39 is 0 Å². The number of rotatable bonds is 9. The molecule has 1 amide bonds. The second-order valence-electron chi connectivity index (χ2n) is 13.9. The number of carbonyl (C=O) groups is 1. The van der Waals surface area contributed by atoms with Crippen molar-refractivity contribution in [1.29, 1.82) is 0 Å². The normalized spacial score (nSPS) is 22.0. The highest BCUT2D eigenvalue weighted by Crippen LogP contribution is 2.40. The number of piperazine rings is 1. The van der Waals surface area contributed by atoms with Gasteiger partial charge in [-0.3, -0.25) is 4.79 Å². The van der Waals surface area contributed by atoms with Crippen LogP contribution in [0.2, 0.25) is 0 Å². The highest BCUT2D eigenvalue weighted by molar-refractivity contribution is 5.92. The Balaban J connectivity index is 1.09. The first kappa shape index (κ1) is 33.3. The molecular formula is C39H48N6O4. The molecule has 2 aromatic carbocycles. The van der Waals surface area contributed by atoms with Crippen LogP contribution in [0.4, 0.5) is 5.82 Å². The lowest BCUT2D eigenvalue weighted by atomic mass is 9.92. The molecule has 3 fully saturated rings. The van der Waals surface area contributed by atoms with Crippen molar-refractivity contribution in [2.75, 3.05) is 57.8 Å². The standard InChI is InChI=1S/C39H48N6O4/c1-3-27-10-7-11-28-22-31(46)23-32(37(27)28)35-24-34-33(26-48-35)38(42-39(41-34)49-25-30-14-9-17-43(30)2)45-20-18-44(19-21-45)36(47)15-8-16-40-29-12-5-4-6-13-29/h1,7-8,10-11,15,22-23,29-30,35,40,46H,4-6,9,12-14,16-21,24-26H2,2H3/b15-8+/t30-,35?/m0/s1. The zero-order valence-corrected chi connectivity index (χ0v) is 28.6. The smallest absolute Gasteiger partial charge is 0.318 e. The summed E-state index contributed by atoms with van der Waals surface area (Å²) in [4.78, 5) is 29.4. The number of nitrogens with zero attached hydrogens (tertiary/aromatic N) is 5. The number of anilines is 1. The molecule has 0 radical (unpaired) electrons. The first-order chi connectivity index (χ1) is 24.0. The zero-order chi connectivity index (χ0) is 33.7. The number of likely N-dealkylation sites (N-methyl/N-ethyl adjacent to an activating group) is 1. The number of benzene rings is 2. The average Bonchev–Trinajstić information content (AvgIpc) is 3.55. The van der Waals surface area contributed by atoms with E-state index in [0.717, 1.165) is 64.9 Å². The fourth-order valence-electron chi connectivity index (χ4n) is 7.88. The van der Waals surface area contributed by atoms with Gasteiger partial charge in [0.2, 0.25) is 5.91 Å². The predicted molar refractivity (Wildman–Crippen MR) is 191 cm³/mol. The van der Waals surface area contributed by atoms with Gasteiger partial charge < -0.3 is 34.6 Å². The van der Waals surface area contributed by atoms with E-state index in [-0.39, 0.29) is 17.8 Å². The number of aromatic nitrogens is 2. The summed E-state index contributed by atoms with van der Waals surface area (Å²) in [5, 5.41) is 16.0. The molecule has 0 bridgehead atoms. The Morgan fingerprint density at radius 3 is 2.71 bits per heavy atom. The molecule has 1 aromatic heterocycles. The summed E-state index contributed by atoms with van der Waals surface area (Å²) < 4.78 is 12.8. The van der Waals surface area contributed by atoms with Crippen molar-refractivity contribution < 1.29 is 19.4 Å². The first-order valence-electron chi connectivity index (χ1n) is 18.0. The van der Waals surface area contributed by atoms with Gasteiger partial charge in [-0.2, -0.15) is 9.97 Å². The summed E-state index contributed by atoms with van der Waals surface area (Å²) in [6, 6.07) is 10.5. The van der Waals surface area contributed by atoms with E-state index in [1.807, 2.05) is 29.2 Å². The van der Waals surface area contributed by atoms with Crippen molar-refractivity contribution in [3.63, 3.8) is 0 Å². The lowest BCUT2D eigenvalue weighted by Crippen LogP contribution is -2.49. The molecule has 2 N–H and O–H groups in total. The van der Waals surface area contributed by atoms with Crippen LogP contribution in [0.3, 0.4) is 0 Å². The van der Waals surface area contributed by atoms with Gasteiger partial charge in [-0.05, 0) is 68.4 Å². The SMILES string of the molecule is C#Cc1cccc2cc(O)cc(C3Cc4nc(OC[C@@H]5CCCN5C)nc(N5CCN(C(=O)/C=C/CNC6CCCCC6)CC5)c4CO3)c12. The number of ether oxygens (including phenoxy) is 2. The summed E-state index contributed by atoms with van der Waals surface area (Å²) in [5.74, 6) is 3.83. The van der Waals surface area contributed by atoms with Crippen molar-refractivity contribution >= 4 is 22.5 Å². The number of aromatic hydroxyl groups is 1. The Kier molecular flexibility index (Phi) is 10.3. The van der Waals surface area contributed by atoms with Gasteiger partial charge in [-0.25, -0.2) is 0 Å². The second kappa shape index (κ2) is 15.2. The molecule has 3 aliphatic heterocycles. The lowest BCUT2D eigenvalue weighted by Gasteiger charge is -2.37. The van der Waals surface area contributed by atoms with Gasteiger partial charge in [0.25, 0.3) is 0 Å². The number of terminal acetylenes is 1. The van der Waals surface area contributed by atoms with Gasteiger partial charge in [0.15, 0.2) is 0 Å². The number of phenols is 1. The number of carbonyl (C=O) groups excluding carboxylic acids is 1. The fourth-order valence-corrected chi connectivity index (χ4v) is 7.88. The van der Waals surface area contributed by atoms with Crippen molar-refractivity contribution in [3.8, 4) is 24.1 Å². The third-order valence-corrected chi connectivity index (χ3v) is 10.7. The molecule has 1 saturated carbocycles. The quantitative estimate of drug-likeness (QED) is 0.248. The molecule has 4 aliphatic rings. The van der Waals surface area contributed by atoms with Crippen LogP contribution in [0.5, 0.6) is 11.8 Å². The Morgan fingerprint density at radius 1 is 1.10 bits per heavy atom. The Morgan fingerprint density at radius 2 is 1.94 bits per heavy atom. The molecule has 7 rings (SSSR count). The Labute approximate surface area is 289 Å². The maximum atomic E-state index is 13.0. The lowest BCUT2D eigenvalue weighted by molar-refractivity contribution is -0.126. The molecule has 49 heavy (non-hydrogen) atoms. The number of likely N-dealkylation sites (tertiary alicyclic amines) is 1. The summed E-state index contributed by atoms with van der Waals surface area (Å²) in [5.41, 5.74) is 3.42. The van der Waals surface area contributed by atoms with Crippen molar-refractivity contribution in [1.82, 2.24) is 25.1 Å². The van der Waals surface area contributed by atoms with Crippen molar-refractivity contribution in [3.05, 3.63) is 64.9 Å². The highest BCUT2D eigenvalue weighted by Gasteiger charge is 2.32. The molecule has 258 valence electrons. The van der Waals surface area contributed by atoms with E-state index in [1.54, 1.807) is 18.2 Å². The summed E-state index contributed by atoms with van der Waals surface area (Å²) >= 11 is 0. The van der Waals surface area contributed by atoms with Crippen LogP contribution in [0.1, 0.15) is 73.4 Å². The van der Waals surface area contributed by atoms with E-state index in [4.69, 9.17) is 25.9 Å². The molecular weight excluding hydrogens is 616 g/mol. The minimum atomic E-state index is -0.359. The molecule has 2 saturated heterocycles. The van der Waals surface area contributed by atoms with Crippen LogP contribution in [-0.4, -0.2) is 95.8 Å². The number of nitrogens with one attached hydrogen (secondary N) is 1. The van der Waals surface area contributed by atoms with Crippen LogP contribution in [0.25, 0.3) is 10.8 Å². The summed E-state index contributed by atoms with van der Waals surface area (Å²) in [6.07, 6.45) is 18.3. The van der Waals surface area contributed by atoms with Gasteiger partial charge in [0.05, 0.1) is 18.4 Å². The Bertz CT molecular complexity index is 1720. The van der Waals surface area contributed by atoms with Crippen LogP contribution >= 0.6 is 0 Å². The van der Waals surface area contributed by atoms with Crippen LogP contribution < -0.4 is 15.0 Å². The third-order valence-electron chi connectivity index (χ3n) is 10.7. The number of phenolic OH excluding ortho intramolecular Hbond substituents is 1. The Hall–Kier alpha value is -4.17. The number of hydrogen-bond donors (Lipinski definition) is 2. The molecule has 1 unspecified atom stereocenters. The maximum absolute atomic E-state index is 13.0. The minimum Gasteiger partial charge on any atom is -0.508 e. The number of hydrogen-bond acceptors (Lipinski definition) is 9. The molecule has 0 spiro atoms. The highest BCUT2D eigenvalue weighted by atomic mass is 16.5. The van der Waals surface area contributed by atoms with E-state index in [0.29, 0.717) is 63.9 Å². The van der Waals surface area contributed by atoms with E-state index in [9.17, 15) is 9.90 Å². The van der Waals surface area contributed by atoms with Crippen LogP contribution in [-0.2, 0) is 22.6 Å². The van der Waals surface area contributed by atoms with E-state index >= 15 is 0 Å². The molecule has 10 heteroatoms. The topological polar surface area (TPSA) is 103 Å². The largest absolute Gasteiger partial charge is 0.508 e. The monoisotopic (exact) mass is 664 g/mol.